The van der Waals surface area contributed by atoms with E-state index in [4.69, 9.17) is 16.1 Å². The zero-order valence-corrected chi connectivity index (χ0v) is 10.9. The molecule has 0 aromatic heterocycles. The summed E-state index contributed by atoms with van der Waals surface area (Å²) < 4.78 is 0. The molecule has 0 aliphatic carbocycles. The van der Waals surface area contributed by atoms with Crippen LogP contribution in [-0.4, -0.2) is 25.8 Å². The highest BCUT2D eigenvalue weighted by atomic mass is 35.5. The fourth-order valence-electron chi connectivity index (χ4n) is 1.57. The maximum absolute atomic E-state index is 9.04. The Hall–Kier alpha value is -1.28. The van der Waals surface area contributed by atoms with Gasteiger partial charge in [-0.1, -0.05) is 6.07 Å². The first kappa shape index (κ1) is 15.7. The third kappa shape index (κ3) is 3.90. The topological polar surface area (TPSA) is 73.3 Å². The summed E-state index contributed by atoms with van der Waals surface area (Å²) in [5.41, 5.74) is 8.24. The third-order valence-corrected chi connectivity index (χ3v) is 2.49. The number of nitriles is 1. The number of halogens is 1. The first-order chi connectivity index (χ1) is 7.60. The molecule has 3 N–H and O–H groups in total. The second-order valence-corrected chi connectivity index (χ2v) is 3.90. The lowest BCUT2D eigenvalue weighted by atomic mass is 10.0. The van der Waals surface area contributed by atoms with Crippen molar-refractivity contribution in [1.29, 1.82) is 5.26 Å². The minimum atomic E-state index is -0.215. The highest BCUT2D eigenvalue weighted by Gasteiger charge is 2.10. The van der Waals surface area contributed by atoms with Gasteiger partial charge in [0.25, 0.3) is 0 Å². The van der Waals surface area contributed by atoms with Crippen molar-refractivity contribution in [1.82, 2.24) is 0 Å². The van der Waals surface area contributed by atoms with Crippen LogP contribution in [0.4, 0.5) is 5.69 Å². The molecule has 5 heteroatoms. The molecule has 0 saturated heterocycles. The van der Waals surface area contributed by atoms with E-state index < -0.39 is 0 Å². The predicted octanol–water partition coefficient (Wildman–Crippen LogP) is 1.43. The van der Waals surface area contributed by atoms with Crippen molar-refractivity contribution < 1.29 is 5.11 Å². The average molecular weight is 256 g/mol. The quantitative estimate of drug-likeness (QED) is 0.854. The van der Waals surface area contributed by atoms with E-state index in [1.165, 1.54) is 0 Å². The number of nitrogens with two attached hydrogens (primary N) is 1. The van der Waals surface area contributed by atoms with Gasteiger partial charge in [0.1, 0.15) is 6.07 Å². The number of hydrogen-bond donors (Lipinski definition) is 2. The van der Waals surface area contributed by atoms with E-state index in [2.05, 4.69) is 6.07 Å². The Balaban J connectivity index is 0.00000256. The second-order valence-electron chi connectivity index (χ2n) is 3.90. The lowest BCUT2D eigenvalue weighted by Gasteiger charge is -2.17. The van der Waals surface area contributed by atoms with Crippen molar-refractivity contribution in [2.45, 2.75) is 12.5 Å². The van der Waals surface area contributed by atoms with Gasteiger partial charge in [-0.2, -0.15) is 5.26 Å². The molecule has 0 bridgehead atoms. The van der Waals surface area contributed by atoms with Gasteiger partial charge in [0, 0.05) is 26.7 Å². The molecule has 1 rings (SSSR count). The molecule has 0 spiro atoms. The van der Waals surface area contributed by atoms with Gasteiger partial charge in [-0.3, -0.25) is 0 Å². The molecule has 94 valence electrons. The zero-order chi connectivity index (χ0) is 12.1. The molecule has 1 atom stereocenters. The lowest BCUT2D eigenvalue weighted by molar-refractivity contribution is 0.276. The van der Waals surface area contributed by atoms with Gasteiger partial charge in [-0.15, -0.1) is 12.4 Å². The van der Waals surface area contributed by atoms with Crippen molar-refractivity contribution >= 4 is 18.1 Å². The van der Waals surface area contributed by atoms with E-state index in [1.807, 2.05) is 31.1 Å². The van der Waals surface area contributed by atoms with Crippen LogP contribution in [0, 0.1) is 11.3 Å². The van der Waals surface area contributed by atoms with E-state index in [1.54, 1.807) is 6.07 Å². The fraction of sp³-hybridized carbons (Fsp3) is 0.417. The van der Waals surface area contributed by atoms with Gasteiger partial charge < -0.3 is 15.7 Å². The molecule has 4 nitrogen and oxygen atoms in total. The first-order valence-electron chi connectivity index (χ1n) is 5.18. The molecule has 0 radical (unpaired) electrons. The first-order valence-corrected chi connectivity index (χ1v) is 5.18. The summed E-state index contributed by atoms with van der Waals surface area (Å²) in [6.07, 6.45) is 0.506. The largest absolute Gasteiger partial charge is 0.396 e. The molecule has 1 aromatic carbocycles. The van der Waals surface area contributed by atoms with Crippen LogP contribution in [0.3, 0.4) is 0 Å². The molecule has 0 saturated carbocycles. The monoisotopic (exact) mass is 255 g/mol. The highest BCUT2D eigenvalue weighted by molar-refractivity contribution is 5.85. The summed E-state index contributed by atoms with van der Waals surface area (Å²) in [7, 11) is 3.78. The normalized spacial score (nSPS) is 11.2. The van der Waals surface area contributed by atoms with Crippen LogP contribution >= 0.6 is 12.4 Å². The molecule has 0 aliphatic heterocycles. The summed E-state index contributed by atoms with van der Waals surface area (Å²) in [5.74, 6) is 0. The molecule has 17 heavy (non-hydrogen) atoms. The van der Waals surface area contributed by atoms with Gasteiger partial charge in [-0.05, 0) is 24.1 Å². The van der Waals surface area contributed by atoms with E-state index in [9.17, 15) is 0 Å². The van der Waals surface area contributed by atoms with Gasteiger partial charge >= 0.3 is 0 Å². The van der Waals surface area contributed by atoms with Crippen LogP contribution in [0.1, 0.15) is 23.6 Å². The summed E-state index contributed by atoms with van der Waals surface area (Å²) in [6, 6.07) is 7.51. The minimum Gasteiger partial charge on any atom is -0.396 e. The maximum Gasteiger partial charge on any atom is 0.101 e. The Morgan fingerprint density at radius 1 is 1.47 bits per heavy atom. The lowest BCUT2D eigenvalue weighted by Crippen LogP contribution is -2.14. The summed E-state index contributed by atoms with van der Waals surface area (Å²) in [5, 5.41) is 17.9. The van der Waals surface area contributed by atoms with Crippen LogP contribution in [0.15, 0.2) is 18.2 Å². The van der Waals surface area contributed by atoms with Crippen molar-refractivity contribution in [2.75, 3.05) is 25.6 Å². The highest BCUT2D eigenvalue weighted by Crippen LogP contribution is 2.23. The number of anilines is 1. The Kier molecular flexibility index (Phi) is 6.59. The molecular weight excluding hydrogens is 238 g/mol. The smallest absolute Gasteiger partial charge is 0.101 e. The van der Waals surface area contributed by atoms with Gasteiger partial charge in [-0.25, -0.2) is 0 Å². The van der Waals surface area contributed by atoms with Crippen LogP contribution in [-0.2, 0) is 0 Å². The average Bonchev–Trinajstić information content (AvgIpc) is 2.28. The molecule has 1 unspecified atom stereocenters. The van der Waals surface area contributed by atoms with Crippen molar-refractivity contribution in [2.24, 2.45) is 5.73 Å². The third-order valence-electron chi connectivity index (χ3n) is 2.49. The molecule has 0 amide bonds. The number of hydrogen-bond acceptors (Lipinski definition) is 4. The Morgan fingerprint density at radius 2 is 2.12 bits per heavy atom. The fourth-order valence-corrected chi connectivity index (χ4v) is 1.57. The van der Waals surface area contributed by atoms with Gasteiger partial charge in [0.15, 0.2) is 0 Å². The van der Waals surface area contributed by atoms with Gasteiger partial charge in [0.05, 0.1) is 11.3 Å². The molecule has 0 fully saturated rings. The Morgan fingerprint density at radius 3 is 2.59 bits per heavy atom. The van der Waals surface area contributed by atoms with Crippen LogP contribution in [0.25, 0.3) is 0 Å². The van der Waals surface area contributed by atoms with Crippen molar-refractivity contribution in [3.05, 3.63) is 29.3 Å². The predicted molar refractivity (Wildman–Crippen MR) is 71.4 cm³/mol. The molecule has 0 aliphatic rings. The number of nitrogens with zero attached hydrogens (tertiary/aromatic N) is 2. The zero-order valence-electron chi connectivity index (χ0n) is 10.1. The van der Waals surface area contributed by atoms with E-state index in [0.29, 0.717) is 12.0 Å². The Labute approximate surface area is 108 Å². The van der Waals surface area contributed by atoms with Crippen LogP contribution in [0.5, 0.6) is 0 Å². The van der Waals surface area contributed by atoms with Crippen molar-refractivity contribution in [3.63, 3.8) is 0 Å². The minimum absolute atomic E-state index is 0. The van der Waals surface area contributed by atoms with E-state index in [0.717, 1.165) is 11.3 Å². The van der Waals surface area contributed by atoms with Crippen LogP contribution in [0.2, 0.25) is 0 Å². The van der Waals surface area contributed by atoms with E-state index in [-0.39, 0.29) is 25.1 Å². The summed E-state index contributed by atoms with van der Waals surface area (Å²) >= 11 is 0. The number of aliphatic hydroxyl groups is 1. The second kappa shape index (κ2) is 7.13. The van der Waals surface area contributed by atoms with Crippen LogP contribution < -0.4 is 10.6 Å². The summed E-state index contributed by atoms with van der Waals surface area (Å²) in [4.78, 5) is 1.89. The molecular formula is C12H18ClN3O. The van der Waals surface area contributed by atoms with Gasteiger partial charge in [0.2, 0.25) is 0 Å². The Bertz CT molecular complexity index is 401. The SMILES string of the molecule is CN(C)c1ccc(C(N)CCO)cc1C#N.Cl. The maximum atomic E-state index is 9.04. The number of benzene rings is 1. The summed E-state index contributed by atoms with van der Waals surface area (Å²) in [6.45, 7) is 0.0541. The number of rotatable bonds is 4. The number of aliphatic hydroxyl groups excluding tert-OH is 1. The molecule has 1 aromatic rings. The van der Waals surface area contributed by atoms with E-state index >= 15 is 0 Å². The molecule has 0 heterocycles. The standard InChI is InChI=1S/C12H17N3O.ClH/c1-15(2)12-4-3-9(7-10(12)8-13)11(14)5-6-16;/h3-4,7,11,16H,5-6,14H2,1-2H3;1H. The van der Waals surface area contributed by atoms with Crippen molar-refractivity contribution in [3.8, 4) is 6.07 Å².